The number of halogens is 3. The fourth-order valence-corrected chi connectivity index (χ4v) is 3.96. The van der Waals surface area contributed by atoms with Gasteiger partial charge < -0.3 is 15.0 Å². The number of amides is 3. The Balaban J connectivity index is 1.49. The van der Waals surface area contributed by atoms with E-state index in [1.165, 1.54) is 12.1 Å². The highest BCUT2D eigenvalue weighted by atomic mass is 19.4. The average molecular weight is 511 g/mol. The zero-order valence-corrected chi connectivity index (χ0v) is 20.2. The summed E-state index contributed by atoms with van der Waals surface area (Å²) in [5, 5.41) is 8.49. The topological polar surface area (TPSA) is 74.2 Å². The van der Waals surface area contributed by atoms with Crippen LogP contribution in [0, 0.1) is 0 Å². The van der Waals surface area contributed by atoms with Gasteiger partial charge in [0, 0.05) is 24.7 Å². The molecule has 3 aromatic carbocycles. The molecule has 1 unspecified atom stereocenters. The Morgan fingerprint density at radius 2 is 1.76 bits per heavy atom. The van der Waals surface area contributed by atoms with E-state index < -0.39 is 23.7 Å². The Labute approximate surface area is 212 Å². The van der Waals surface area contributed by atoms with Crippen molar-refractivity contribution in [3.8, 4) is 5.75 Å². The van der Waals surface area contributed by atoms with Gasteiger partial charge in [-0.25, -0.2) is 9.80 Å². The van der Waals surface area contributed by atoms with E-state index in [9.17, 15) is 22.8 Å². The summed E-state index contributed by atoms with van der Waals surface area (Å²) in [6, 6.07) is 19.9. The number of methoxy groups -OCH3 is 1. The SMILES string of the molecule is COc1cccc(C2=NN(C(=O)CN(C)C(=O)Nc3ccc(C(F)(F)F)cc3)C(c3ccccc3)C2)c1. The molecule has 3 aromatic rings. The summed E-state index contributed by atoms with van der Waals surface area (Å²) >= 11 is 0. The lowest BCUT2D eigenvalue weighted by Crippen LogP contribution is -2.41. The monoisotopic (exact) mass is 510 g/mol. The molecule has 37 heavy (non-hydrogen) atoms. The number of ether oxygens (including phenoxy) is 1. The van der Waals surface area contributed by atoms with Crippen LogP contribution in [0.4, 0.5) is 23.7 Å². The third kappa shape index (κ3) is 6.08. The molecule has 0 saturated carbocycles. The van der Waals surface area contributed by atoms with Crippen LogP contribution in [0.1, 0.15) is 29.2 Å². The van der Waals surface area contributed by atoms with Gasteiger partial charge >= 0.3 is 12.2 Å². The molecule has 1 aliphatic rings. The number of nitrogens with one attached hydrogen (secondary N) is 1. The fraction of sp³-hybridized carbons (Fsp3) is 0.222. The number of carbonyl (C=O) groups is 2. The Bertz CT molecular complexity index is 1290. The van der Waals surface area contributed by atoms with Gasteiger partial charge in [0.2, 0.25) is 0 Å². The van der Waals surface area contributed by atoms with Crippen molar-refractivity contribution in [3.05, 3.63) is 95.6 Å². The minimum atomic E-state index is -4.47. The number of alkyl halides is 3. The van der Waals surface area contributed by atoms with Crippen molar-refractivity contribution in [2.75, 3.05) is 26.0 Å². The Hall–Kier alpha value is -4.34. The highest BCUT2D eigenvalue weighted by Crippen LogP contribution is 2.33. The number of hydrogen-bond acceptors (Lipinski definition) is 4. The van der Waals surface area contributed by atoms with E-state index in [-0.39, 0.29) is 18.3 Å². The molecular formula is C27H25F3N4O3. The second-order valence-corrected chi connectivity index (χ2v) is 8.51. The van der Waals surface area contributed by atoms with Gasteiger partial charge in [-0.1, -0.05) is 42.5 Å². The summed E-state index contributed by atoms with van der Waals surface area (Å²) in [6.07, 6.45) is -3.99. The summed E-state index contributed by atoms with van der Waals surface area (Å²) in [4.78, 5) is 27.1. The second kappa shape index (κ2) is 10.7. The van der Waals surface area contributed by atoms with E-state index in [4.69, 9.17) is 4.74 Å². The van der Waals surface area contributed by atoms with Crippen molar-refractivity contribution in [3.63, 3.8) is 0 Å². The van der Waals surface area contributed by atoms with E-state index in [1.807, 2.05) is 54.6 Å². The molecule has 0 saturated heterocycles. The smallest absolute Gasteiger partial charge is 0.416 e. The molecule has 0 radical (unpaired) electrons. The van der Waals surface area contributed by atoms with Crippen LogP contribution in [0.5, 0.6) is 5.75 Å². The summed E-state index contributed by atoms with van der Waals surface area (Å²) in [7, 11) is 3.00. The number of benzene rings is 3. The zero-order valence-electron chi connectivity index (χ0n) is 20.2. The number of nitrogens with zero attached hydrogens (tertiary/aromatic N) is 3. The summed E-state index contributed by atoms with van der Waals surface area (Å²) in [5.74, 6) is 0.262. The van der Waals surface area contributed by atoms with Crippen molar-refractivity contribution in [1.82, 2.24) is 9.91 Å². The fourth-order valence-electron chi connectivity index (χ4n) is 3.96. The van der Waals surface area contributed by atoms with E-state index in [0.29, 0.717) is 17.9 Å². The van der Waals surface area contributed by atoms with E-state index in [1.54, 1.807) is 7.11 Å². The van der Waals surface area contributed by atoms with Crippen LogP contribution in [0.3, 0.4) is 0 Å². The first-order chi connectivity index (χ1) is 17.7. The maximum absolute atomic E-state index is 13.3. The van der Waals surface area contributed by atoms with Gasteiger partial charge in [-0.15, -0.1) is 0 Å². The largest absolute Gasteiger partial charge is 0.497 e. The average Bonchev–Trinajstić information content (AvgIpc) is 3.35. The Kier molecular flexibility index (Phi) is 7.47. The zero-order chi connectivity index (χ0) is 26.6. The summed E-state index contributed by atoms with van der Waals surface area (Å²) in [5.41, 5.74) is 1.79. The lowest BCUT2D eigenvalue weighted by Gasteiger charge is -2.25. The van der Waals surface area contributed by atoms with E-state index in [2.05, 4.69) is 10.4 Å². The molecule has 1 aliphatic heterocycles. The van der Waals surface area contributed by atoms with Crippen molar-refractivity contribution in [2.24, 2.45) is 5.10 Å². The summed E-state index contributed by atoms with van der Waals surface area (Å²) < 4.78 is 43.6. The highest BCUT2D eigenvalue weighted by Gasteiger charge is 2.34. The number of rotatable bonds is 6. The molecule has 1 N–H and O–H groups in total. The third-order valence-corrected chi connectivity index (χ3v) is 5.94. The van der Waals surface area contributed by atoms with Crippen LogP contribution in [0.15, 0.2) is 84.0 Å². The first kappa shape index (κ1) is 25.7. The van der Waals surface area contributed by atoms with Crippen LogP contribution in [0.25, 0.3) is 0 Å². The number of anilines is 1. The summed E-state index contributed by atoms with van der Waals surface area (Å²) in [6.45, 7) is -0.287. The van der Waals surface area contributed by atoms with Crippen molar-refractivity contribution < 1.29 is 27.5 Å². The molecule has 3 amide bonds. The minimum absolute atomic E-state index is 0.180. The first-order valence-electron chi connectivity index (χ1n) is 11.4. The molecule has 7 nitrogen and oxygen atoms in total. The molecule has 0 spiro atoms. The molecule has 10 heteroatoms. The maximum atomic E-state index is 13.3. The van der Waals surface area contributed by atoms with Crippen LogP contribution >= 0.6 is 0 Å². The quantitative estimate of drug-likeness (QED) is 0.472. The van der Waals surface area contributed by atoms with Crippen molar-refractivity contribution in [1.29, 1.82) is 0 Å². The van der Waals surface area contributed by atoms with Crippen LogP contribution < -0.4 is 10.1 Å². The van der Waals surface area contributed by atoms with E-state index >= 15 is 0 Å². The standard InChI is InChI=1S/C27H25F3N4O3/c1-33(26(36)31-21-13-11-20(12-14-21)27(28,29)30)17-25(35)34-24(18-7-4-3-5-8-18)16-23(32-34)19-9-6-10-22(15-19)37-2/h3-15,24H,16-17H2,1-2H3,(H,31,36). The van der Waals surface area contributed by atoms with Crippen LogP contribution in [-0.2, 0) is 11.0 Å². The second-order valence-electron chi connectivity index (χ2n) is 8.51. The van der Waals surface area contributed by atoms with Gasteiger partial charge in [0.05, 0.1) is 24.4 Å². The highest BCUT2D eigenvalue weighted by molar-refractivity contribution is 6.03. The molecule has 0 bridgehead atoms. The number of carbonyl (C=O) groups excluding carboxylic acids is 2. The molecule has 1 atom stereocenters. The van der Waals surface area contributed by atoms with Gasteiger partial charge in [-0.3, -0.25) is 4.79 Å². The maximum Gasteiger partial charge on any atom is 0.416 e. The van der Waals surface area contributed by atoms with Crippen LogP contribution in [0.2, 0.25) is 0 Å². The third-order valence-electron chi connectivity index (χ3n) is 5.94. The van der Waals surface area contributed by atoms with Gasteiger partial charge in [0.1, 0.15) is 12.3 Å². The molecule has 0 aromatic heterocycles. The number of hydrogen-bond donors (Lipinski definition) is 1. The predicted molar refractivity (Wildman–Crippen MR) is 133 cm³/mol. The molecule has 4 rings (SSSR count). The molecule has 192 valence electrons. The van der Waals surface area contributed by atoms with Gasteiger partial charge in [0.15, 0.2) is 0 Å². The number of urea groups is 1. The minimum Gasteiger partial charge on any atom is -0.497 e. The molecule has 1 heterocycles. The number of hydrazone groups is 1. The van der Waals surface area contributed by atoms with Gasteiger partial charge in [0.25, 0.3) is 5.91 Å². The first-order valence-corrected chi connectivity index (χ1v) is 11.4. The Morgan fingerprint density at radius 3 is 2.41 bits per heavy atom. The van der Waals surface area contributed by atoms with Crippen molar-refractivity contribution in [2.45, 2.75) is 18.6 Å². The normalized spacial score (nSPS) is 15.2. The van der Waals surface area contributed by atoms with Gasteiger partial charge in [-0.2, -0.15) is 18.3 Å². The van der Waals surface area contributed by atoms with Gasteiger partial charge in [-0.05, 0) is 42.0 Å². The number of likely N-dealkylation sites (N-methyl/N-ethyl adjacent to an activating group) is 1. The Morgan fingerprint density at radius 1 is 1.05 bits per heavy atom. The lowest BCUT2D eigenvalue weighted by atomic mass is 9.98. The molecular weight excluding hydrogens is 485 g/mol. The van der Waals surface area contributed by atoms with E-state index in [0.717, 1.165) is 40.3 Å². The van der Waals surface area contributed by atoms with Crippen LogP contribution in [-0.4, -0.2) is 48.3 Å². The predicted octanol–water partition coefficient (Wildman–Crippen LogP) is 5.56. The lowest BCUT2D eigenvalue weighted by molar-refractivity contribution is -0.137. The molecule has 0 aliphatic carbocycles. The molecule has 0 fully saturated rings. The van der Waals surface area contributed by atoms with Crippen molar-refractivity contribution >= 4 is 23.3 Å².